The van der Waals surface area contributed by atoms with E-state index in [0.717, 1.165) is 6.07 Å². The van der Waals surface area contributed by atoms with Gasteiger partial charge in [-0.1, -0.05) is 18.2 Å². The van der Waals surface area contributed by atoms with Crippen LogP contribution in [0.4, 0.5) is 11.6 Å². The van der Waals surface area contributed by atoms with E-state index in [-0.39, 0.29) is 28.3 Å². The van der Waals surface area contributed by atoms with Gasteiger partial charge in [-0.05, 0) is 35.9 Å². The highest BCUT2D eigenvalue weighted by molar-refractivity contribution is 6.06. The lowest BCUT2D eigenvalue weighted by atomic mass is 10.0. The van der Waals surface area contributed by atoms with Crippen molar-refractivity contribution in [1.82, 2.24) is 0 Å². The Kier molecular flexibility index (Phi) is 6.36. The molecule has 1 amide bonds. The first-order valence-corrected chi connectivity index (χ1v) is 10.3. The SMILES string of the molecule is COc1cc(-c2c(NC(=O)c3cccc([N+](=O)[O-])c3)oc3ccccc3c2=O)cc(OC)c1OC. The van der Waals surface area contributed by atoms with Gasteiger partial charge in [-0.2, -0.15) is 0 Å². The molecule has 0 atom stereocenters. The smallest absolute Gasteiger partial charge is 0.270 e. The van der Waals surface area contributed by atoms with Crippen molar-refractivity contribution in [2.45, 2.75) is 0 Å². The van der Waals surface area contributed by atoms with Crippen LogP contribution >= 0.6 is 0 Å². The monoisotopic (exact) mass is 476 g/mol. The van der Waals surface area contributed by atoms with Crippen LogP contribution in [0.5, 0.6) is 17.2 Å². The summed E-state index contributed by atoms with van der Waals surface area (Å²) in [5.74, 6) is 0.0853. The summed E-state index contributed by atoms with van der Waals surface area (Å²) in [6.07, 6.45) is 0. The van der Waals surface area contributed by atoms with Crippen molar-refractivity contribution in [3.63, 3.8) is 0 Å². The molecule has 1 aromatic heterocycles. The van der Waals surface area contributed by atoms with Crippen LogP contribution in [0, 0.1) is 10.1 Å². The zero-order chi connectivity index (χ0) is 25.1. The zero-order valence-electron chi connectivity index (χ0n) is 19.0. The van der Waals surface area contributed by atoms with Crippen molar-refractivity contribution in [2.24, 2.45) is 0 Å². The number of hydrogen-bond donors (Lipinski definition) is 1. The van der Waals surface area contributed by atoms with Crippen LogP contribution in [0.3, 0.4) is 0 Å². The molecule has 0 aliphatic carbocycles. The predicted octanol–water partition coefficient (Wildman–Crippen LogP) is 4.65. The third-order valence-corrected chi connectivity index (χ3v) is 5.30. The second-order valence-electron chi connectivity index (χ2n) is 7.31. The zero-order valence-corrected chi connectivity index (χ0v) is 19.0. The Morgan fingerprint density at radius 1 is 0.943 bits per heavy atom. The number of methoxy groups -OCH3 is 3. The minimum Gasteiger partial charge on any atom is -0.493 e. The number of rotatable bonds is 7. The van der Waals surface area contributed by atoms with Crippen LogP contribution in [0.2, 0.25) is 0 Å². The fourth-order valence-corrected chi connectivity index (χ4v) is 3.65. The normalized spacial score (nSPS) is 10.6. The number of nitrogens with zero attached hydrogens (tertiary/aromatic N) is 1. The summed E-state index contributed by atoms with van der Waals surface area (Å²) in [5, 5.41) is 14.0. The maximum absolute atomic E-state index is 13.6. The summed E-state index contributed by atoms with van der Waals surface area (Å²) in [5.41, 5.74) is 0.00175. The lowest BCUT2D eigenvalue weighted by Crippen LogP contribution is -2.16. The molecule has 0 saturated carbocycles. The second-order valence-corrected chi connectivity index (χ2v) is 7.31. The largest absolute Gasteiger partial charge is 0.493 e. The number of amides is 1. The number of carbonyl (C=O) groups excluding carboxylic acids is 1. The topological polar surface area (TPSA) is 130 Å². The lowest BCUT2D eigenvalue weighted by molar-refractivity contribution is -0.384. The number of carbonyl (C=O) groups is 1. The summed E-state index contributed by atoms with van der Waals surface area (Å²) < 4.78 is 22.1. The molecule has 0 spiro atoms. The molecule has 0 fully saturated rings. The highest BCUT2D eigenvalue weighted by Crippen LogP contribution is 2.42. The molecule has 0 saturated heterocycles. The van der Waals surface area contributed by atoms with Gasteiger partial charge in [-0.15, -0.1) is 0 Å². The number of nitro benzene ring substituents is 1. The van der Waals surface area contributed by atoms with Crippen LogP contribution in [-0.4, -0.2) is 32.2 Å². The Labute approximate surface area is 198 Å². The molecule has 10 nitrogen and oxygen atoms in total. The summed E-state index contributed by atoms with van der Waals surface area (Å²) >= 11 is 0. The minimum atomic E-state index is -0.694. The van der Waals surface area contributed by atoms with Gasteiger partial charge in [0.25, 0.3) is 11.6 Å². The number of fused-ring (bicyclic) bond motifs is 1. The number of para-hydroxylation sites is 1. The predicted molar refractivity (Wildman–Crippen MR) is 129 cm³/mol. The van der Waals surface area contributed by atoms with E-state index < -0.39 is 16.3 Å². The molecule has 35 heavy (non-hydrogen) atoms. The Morgan fingerprint density at radius 3 is 2.26 bits per heavy atom. The third-order valence-electron chi connectivity index (χ3n) is 5.30. The molecule has 178 valence electrons. The number of anilines is 1. The van der Waals surface area contributed by atoms with E-state index in [1.807, 2.05) is 0 Å². The van der Waals surface area contributed by atoms with Crippen molar-refractivity contribution >= 4 is 28.4 Å². The number of nitro groups is 1. The molecule has 0 radical (unpaired) electrons. The minimum absolute atomic E-state index is 0.0193. The van der Waals surface area contributed by atoms with Gasteiger partial charge in [-0.25, -0.2) is 0 Å². The second kappa shape index (κ2) is 9.56. The van der Waals surface area contributed by atoms with E-state index >= 15 is 0 Å². The Hall–Kier alpha value is -4.86. The molecule has 4 rings (SSSR count). The summed E-state index contributed by atoms with van der Waals surface area (Å²) in [6.45, 7) is 0. The van der Waals surface area contributed by atoms with Crippen molar-refractivity contribution in [3.8, 4) is 28.4 Å². The molecule has 4 aromatic rings. The van der Waals surface area contributed by atoms with Crippen LogP contribution < -0.4 is 25.0 Å². The molecular formula is C25H20N2O8. The number of non-ortho nitro benzene ring substituents is 1. The van der Waals surface area contributed by atoms with Crippen molar-refractivity contribution in [1.29, 1.82) is 0 Å². The van der Waals surface area contributed by atoms with Gasteiger partial charge < -0.3 is 18.6 Å². The molecule has 1 heterocycles. The summed E-state index contributed by atoms with van der Waals surface area (Å²) in [4.78, 5) is 37.1. The van der Waals surface area contributed by atoms with Gasteiger partial charge in [-0.3, -0.25) is 25.0 Å². The van der Waals surface area contributed by atoms with E-state index in [1.165, 1.54) is 39.5 Å². The number of hydrogen-bond acceptors (Lipinski definition) is 8. The Morgan fingerprint density at radius 2 is 1.63 bits per heavy atom. The van der Waals surface area contributed by atoms with Gasteiger partial charge in [0.2, 0.25) is 17.1 Å². The number of nitrogens with one attached hydrogen (secondary N) is 1. The summed E-state index contributed by atoms with van der Waals surface area (Å²) in [6, 6.07) is 14.9. The van der Waals surface area contributed by atoms with Gasteiger partial charge in [0.1, 0.15) is 5.58 Å². The molecule has 1 N–H and O–H groups in total. The highest BCUT2D eigenvalue weighted by atomic mass is 16.6. The lowest BCUT2D eigenvalue weighted by Gasteiger charge is -2.16. The van der Waals surface area contributed by atoms with Gasteiger partial charge in [0.05, 0.1) is 37.2 Å². The quantitative estimate of drug-likeness (QED) is 0.301. The fourth-order valence-electron chi connectivity index (χ4n) is 3.65. The molecule has 10 heteroatoms. The molecule has 0 unspecified atom stereocenters. The molecule has 0 aliphatic rings. The maximum atomic E-state index is 13.6. The standard InChI is InChI=1S/C25H20N2O8/c1-32-19-12-15(13-20(33-2)23(19)34-3)21-22(28)17-9-4-5-10-18(17)35-25(21)26-24(29)14-7-6-8-16(11-14)27(30)31/h4-13H,1-3H3,(H,26,29). The molecule has 0 bridgehead atoms. The van der Waals surface area contributed by atoms with E-state index in [2.05, 4.69) is 5.32 Å². The van der Waals surface area contributed by atoms with Crippen molar-refractivity contribution in [3.05, 3.63) is 86.6 Å². The van der Waals surface area contributed by atoms with Crippen LogP contribution in [0.15, 0.2) is 69.9 Å². The molecule has 3 aromatic carbocycles. The number of benzene rings is 3. The Bertz CT molecular complexity index is 1480. The van der Waals surface area contributed by atoms with Crippen LogP contribution in [0.25, 0.3) is 22.1 Å². The van der Waals surface area contributed by atoms with E-state index in [4.69, 9.17) is 18.6 Å². The van der Waals surface area contributed by atoms with Gasteiger partial charge in [0, 0.05) is 17.7 Å². The first-order valence-electron chi connectivity index (χ1n) is 10.3. The van der Waals surface area contributed by atoms with Crippen molar-refractivity contribution in [2.75, 3.05) is 26.6 Å². The fraction of sp³-hybridized carbons (Fsp3) is 0.120. The van der Waals surface area contributed by atoms with E-state index in [1.54, 1.807) is 36.4 Å². The first kappa shape index (κ1) is 23.3. The average molecular weight is 476 g/mol. The Balaban J connectivity index is 1.92. The van der Waals surface area contributed by atoms with E-state index in [9.17, 15) is 19.7 Å². The summed E-state index contributed by atoms with van der Waals surface area (Å²) in [7, 11) is 4.33. The van der Waals surface area contributed by atoms with Crippen LogP contribution in [-0.2, 0) is 0 Å². The van der Waals surface area contributed by atoms with E-state index in [0.29, 0.717) is 28.2 Å². The first-order chi connectivity index (χ1) is 16.9. The van der Waals surface area contributed by atoms with Crippen molar-refractivity contribution < 1.29 is 28.3 Å². The molecule has 0 aliphatic heterocycles. The van der Waals surface area contributed by atoms with Crippen LogP contribution in [0.1, 0.15) is 10.4 Å². The number of ether oxygens (including phenoxy) is 3. The third kappa shape index (κ3) is 4.36. The highest BCUT2D eigenvalue weighted by Gasteiger charge is 2.23. The molecular weight excluding hydrogens is 456 g/mol. The maximum Gasteiger partial charge on any atom is 0.270 e. The average Bonchev–Trinajstić information content (AvgIpc) is 2.88. The van der Waals surface area contributed by atoms with Gasteiger partial charge >= 0.3 is 0 Å². The van der Waals surface area contributed by atoms with Gasteiger partial charge in [0.15, 0.2) is 11.5 Å².